The molecular weight excluding hydrogens is 402 g/mol. The molecule has 2 aromatic rings. The average Bonchev–Trinajstić information content (AvgIpc) is 3.14. The van der Waals surface area contributed by atoms with E-state index in [0.29, 0.717) is 29.8 Å². The molecule has 164 valence electrons. The van der Waals surface area contributed by atoms with Gasteiger partial charge >= 0.3 is 5.97 Å². The third-order valence-corrected chi connectivity index (χ3v) is 5.73. The number of rotatable bonds is 4. The van der Waals surface area contributed by atoms with Crippen LogP contribution in [0.3, 0.4) is 0 Å². The number of hydrogen-bond donors (Lipinski definition) is 2. The zero-order valence-corrected chi connectivity index (χ0v) is 18.1. The number of phenols is 1. The quantitative estimate of drug-likeness (QED) is 0.716. The summed E-state index contributed by atoms with van der Waals surface area (Å²) in [6.07, 6.45) is 2.43. The zero-order valence-electron chi connectivity index (χ0n) is 18.1. The minimum atomic E-state index is -0.628. The number of carbonyl (C=O) groups excluding carboxylic acids is 2. The second-order valence-electron chi connectivity index (χ2n) is 8.48. The van der Waals surface area contributed by atoms with Crippen LogP contribution in [0.25, 0.3) is 0 Å². The molecule has 1 atom stereocenters. The number of anilines is 1. The predicted molar refractivity (Wildman–Crippen MR) is 112 cm³/mol. The van der Waals surface area contributed by atoms with Gasteiger partial charge in [-0.1, -0.05) is 13.8 Å². The lowest BCUT2D eigenvalue weighted by Crippen LogP contribution is -2.36. The summed E-state index contributed by atoms with van der Waals surface area (Å²) in [6, 6.07) is 2.67. The van der Waals surface area contributed by atoms with Gasteiger partial charge in [-0.25, -0.2) is 9.48 Å². The number of aromatic hydroxyl groups is 1. The van der Waals surface area contributed by atoms with Gasteiger partial charge in [0.15, 0.2) is 17.3 Å². The highest BCUT2D eigenvalue weighted by molar-refractivity contribution is 6.01. The van der Waals surface area contributed by atoms with E-state index in [4.69, 9.17) is 14.2 Å². The summed E-state index contributed by atoms with van der Waals surface area (Å²) in [5, 5.41) is 18.0. The molecule has 2 N–H and O–H groups in total. The molecule has 0 bridgehead atoms. The van der Waals surface area contributed by atoms with E-state index < -0.39 is 12.0 Å². The molecule has 0 amide bonds. The van der Waals surface area contributed by atoms with Crippen molar-refractivity contribution in [1.82, 2.24) is 9.78 Å². The molecule has 9 heteroatoms. The molecule has 0 spiro atoms. The molecular formula is C22H25N3O6. The standard InChI is InChI=1S/C22H25N3O6/c1-22(2)8-13-17(14(26)9-22)18(11-6-15(29-3)19(27)16(7-11)30-4)25-20(24-13)12(10-23-25)21(28)31-5/h6-7,10,18,24,27H,8-9H2,1-5H3/t18-/m0/s1. The van der Waals surface area contributed by atoms with Crippen LogP contribution in [0.1, 0.15) is 48.7 Å². The molecule has 1 aromatic heterocycles. The maximum absolute atomic E-state index is 13.3. The number of Topliss-reactive ketones (excluding diaryl/α,β-unsaturated/α-hetero) is 1. The Morgan fingerprint density at radius 1 is 1.19 bits per heavy atom. The fourth-order valence-electron chi connectivity index (χ4n) is 4.35. The zero-order chi connectivity index (χ0) is 22.5. The Balaban J connectivity index is 1.97. The van der Waals surface area contributed by atoms with Crippen molar-refractivity contribution in [3.63, 3.8) is 0 Å². The van der Waals surface area contributed by atoms with Crippen LogP contribution < -0.4 is 14.8 Å². The number of ketones is 1. The molecule has 1 aromatic carbocycles. The van der Waals surface area contributed by atoms with Gasteiger partial charge in [-0.3, -0.25) is 4.79 Å². The Morgan fingerprint density at radius 3 is 2.42 bits per heavy atom. The van der Waals surface area contributed by atoms with Crippen molar-refractivity contribution in [2.75, 3.05) is 26.6 Å². The van der Waals surface area contributed by atoms with Crippen LogP contribution in [0.4, 0.5) is 5.82 Å². The van der Waals surface area contributed by atoms with E-state index >= 15 is 0 Å². The molecule has 4 rings (SSSR count). The number of aromatic nitrogens is 2. The van der Waals surface area contributed by atoms with Crippen LogP contribution >= 0.6 is 0 Å². The van der Waals surface area contributed by atoms with Crippen LogP contribution in [0.5, 0.6) is 17.2 Å². The molecule has 9 nitrogen and oxygen atoms in total. The number of carbonyl (C=O) groups is 2. The van der Waals surface area contributed by atoms with E-state index in [1.54, 1.807) is 16.8 Å². The van der Waals surface area contributed by atoms with E-state index in [2.05, 4.69) is 10.4 Å². The van der Waals surface area contributed by atoms with Crippen LogP contribution in [0.2, 0.25) is 0 Å². The molecule has 0 saturated heterocycles. The first-order chi connectivity index (χ1) is 14.7. The van der Waals surface area contributed by atoms with Crippen LogP contribution in [-0.2, 0) is 9.53 Å². The van der Waals surface area contributed by atoms with Gasteiger partial charge in [-0.05, 0) is 29.5 Å². The highest BCUT2D eigenvalue weighted by Gasteiger charge is 2.42. The summed E-state index contributed by atoms with van der Waals surface area (Å²) >= 11 is 0. The van der Waals surface area contributed by atoms with E-state index in [1.165, 1.54) is 27.5 Å². The summed E-state index contributed by atoms with van der Waals surface area (Å²) in [4.78, 5) is 25.6. The van der Waals surface area contributed by atoms with E-state index in [-0.39, 0.29) is 34.0 Å². The van der Waals surface area contributed by atoms with Crippen molar-refractivity contribution in [3.05, 3.63) is 40.7 Å². The van der Waals surface area contributed by atoms with Crippen molar-refractivity contribution < 1.29 is 28.9 Å². The molecule has 0 unspecified atom stereocenters. The van der Waals surface area contributed by atoms with E-state index in [1.807, 2.05) is 13.8 Å². The van der Waals surface area contributed by atoms with Crippen molar-refractivity contribution in [1.29, 1.82) is 0 Å². The molecule has 1 aliphatic heterocycles. The first kappa shape index (κ1) is 20.8. The maximum atomic E-state index is 13.3. The summed E-state index contributed by atoms with van der Waals surface area (Å²) < 4.78 is 17.1. The second kappa shape index (κ2) is 7.33. The third kappa shape index (κ3) is 3.30. The minimum Gasteiger partial charge on any atom is -0.502 e. The monoisotopic (exact) mass is 427 g/mol. The SMILES string of the molecule is COC(=O)c1cnn2c1NC1=C(C(=O)CC(C)(C)C1)[C@@H]2c1cc(OC)c(O)c(OC)c1. The Bertz CT molecular complexity index is 1090. The van der Waals surface area contributed by atoms with Crippen LogP contribution in [0, 0.1) is 5.41 Å². The number of allylic oxidation sites excluding steroid dienone is 2. The van der Waals surface area contributed by atoms with E-state index in [0.717, 1.165) is 5.70 Å². The maximum Gasteiger partial charge on any atom is 0.343 e. The van der Waals surface area contributed by atoms with Crippen molar-refractivity contribution in [2.45, 2.75) is 32.7 Å². The number of ether oxygens (including phenoxy) is 3. The molecule has 2 heterocycles. The lowest BCUT2D eigenvalue weighted by molar-refractivity contribution is -0.118. The largest absolute Gasteiger partial charge is 0.502 e. The van der Waals surface area contributed by atoms with Gasteiger partial charge in [0.1, 0.15) is 17.4 Å². The van der Waals surface area contributed by atoms with Gasteiger partial charge in [0.2, 0.25) is 5.75 Å². The normalized spacial score (nSPS) is 19.3. The Kier molecular flexibility index (Phi) is 4.91. The molecule has 0 saturated carbocycles. The lowest BCUT2D eigenvalue weighted by atomic mass is 9.73. The molecule has 0 fully saturated rings. The Labute approximate surface area is 179 Å². The number of nitrogens with zero attached hydrogens (tertiary/aromatic N) is 2. The smallest absolute Gasteiger partial charge is 0.343 e. The van der Waals surface area contributed by atoms with Crippen LogP contribution in [0.15, 0.2) is 29.6 Å². The number of methoxy groups -OCH3 is 3. The number of esters is 1. The fourth-order valence-corrected chi connectivity index (χ4v) is 4.35. The molecule has 1 aliphatic carbocycles. The van der Waals surface area contributed by atoms with Gasteiger partial charge in [0, 0.05) is 17.7 Å². The number of nitrogens with one attached hydrogen (secondary N) is 1. The molecule has 2 aliphatic rings. The topological polar surface area (TPSA) is 112 Å². The lowest BCUT2D eigenvalue weighted by Gasteiger charge is -2.39. The highest BCUT2D eigenvalue weighted by Crippen LogP contribution is 2.48. The summed E-state index contributed by atoms with van der Waals surface area (Å²) in [6.45, 7) is 4.07. The van der Waals surface area contributed by atoms with Crippen LogP contribution in [-0.4, -0.2) is 48.0 Å². The second-order valence-corrected chi connectivity index (χ2v) is 8.48. The van der Waals surface area contributed by atoms with Gasteiger partial charge in [-0.2, -0.15) is 5.10 Å². The Hall–Kier alpha value is -3.49. The molecule has 31 heavy (non-hydrogen) atoms. The number of benzene rings is 1. The van der Waals surface area contributed by atoms with Crippen molar-refractivity contribution in [3.8, 4) is 17.2 Å². The summed E-state index contributed by atoms with van der Waals surface area (Å²) in [5.41, 5.74) is 1.99. The average molecular weight is 427 g/mol. The predicted octanol–water partition coefficient (Wildman–Crippen LogP) is 3.05. The fraction of sp³-hybridized carbons (Fsp3) is 0.409. The first-order valence-electron chi connectivity index (χ1n) is 9.84. The number of fused-ring (bicyclic) bond motifs is 1. The molecule has 0 radical (unpaired) electrons. The van der Waals surface area contributed by atoms with Crippen molar-refractivity contribution in [2.24, 2.45) is 5.41 Å². The summed E-state index contributed by atoms with van der Waals surface area (Å²) in [7, 11) is 4.18. The van der Waals surface area contributed by atoms with Gasteiger partial charge in [-0.15, -0.1) is 0 Å². The number of hydrogen-bond acceptors (Lipinski definition) is 8. The van der Waals surface area contributed by atoms with Gasteiger partial charge in [0.05, 0.1) is 27.5 Å². The minimum absolute atomic E-state index is 0.00414. The first-order valence-corrected chi connectivity index (χ1v) is 9.84. The summed E-state index contributed by atoms with van der Waals surface area (Å²) in [5.74, 6) is 0.200. The van der Waals surface area contributed by atoms with Gasteiger partial charge in [0.25, 0.3) is 0 Å². The van der Waals surface area contributed by atoms with E-state index in [9.17, 15) is 14.7 Å². The van der Waals surface area contributed by atoms with Gasteiger partial charge < -0.3 is 24.6 Å². The third-order valence-electron chi connectivity index (χ3n) is 5.73. The van der Waals surface area contributed by atoms with Crippen molar-refractivity contribution >= 4 is 17.6 Å². The number of phenolic OH excluding ortho intramolecular Hbond substituents is 1. The highest BCUT2D eigenvalue weighted by atomic mass is 16.5. The Morgan fingerprint density at radius 2 is 1.84 bits per heavy atom.